The Morgan fingerprint density at radius 2 is 1.56 bits per heavy atom. The van der Waals surface area contributed by atoms with Crippen molar-refractivity contribution in [1.82, 2.24) is 10.2 Å². The van der Waals surface area contributed by atoms with E-state index in [4.69, 9.17) is 27.9 Å². The Kier molecular flexibility index (Phi) is 11.5. The number of carbonyl (C=O) groups excluding carboxylic acids is 2. The Labute approximate surface area is 265 Å². The standard InChI is InChI=1S/C32H39Cl2N3O5S/c1-7-29(31(39)35-32(4,5)6)36(20-23-11-18-27(33)28(34)19-23)30(38)21-37(24-12-14-25(15-13-24)42-8-2)43(40,41)26-16-9-22(3)10-17-26/h9-19,29H,7-8,20-21H2,1-6H3,(H,35,39). The third kappa shape index (κ3) is 9.11. The predicted molar refractivity (Wildman–Crippen MR) is 172 cm³/mol. The summed E-state index contributed by atoms with van der Waals surface area (Å²) in [5, 5.41) is 3.61. The van der Waals surface area contributed by atoms with E-state index >= 15 is 0 Å². The van der Waals surface area contributed by atoms with E-state index in [1.165, 1.54) is 17.0 Å². The van der Waals surface area contributed by atoms with Crippen LogP contribution in [0.4, 0.5) is 5.69 Å². The number of rotatable bonds is 12. The highest BCUT2D eigenvalue weighted by Gasteiger charge is 2.34. The lowest BCUT2D eigenvalue weighted by atomic mass is 10.1. The summed E-state index contributed by atoms with van der Waals surface area (Å²) >= 11 is 12.4. The third-order valence-corrected chi connectivity index (χ3v) is 9.07. The van der Waals surface area contributed by atoms with Crippen molar-refractivity contribution in [3.63, 3.8) is 0 Å². The summed E-state index contributed by atoms with van der Waals surface area (Å²) in [7, 11) is -4.19. The molecule has 232 valence electrons. The molecule has 2 amide bonds. The molecule has 0 heterocycles. The van der Waals surface area contributed by atoms with E-state index < -0.39 is 34.1 Å². The molecule has 0 aromatic heterocycles. The van der Waals surface area contributed by atoms with Crippen molar-refractivity contribution in [2.75, 3.05) is 17.5 Å². The van der Waals surface area contributed by atoms with Crippen LogP contribution in [0.1, 0.15) is 52.2 Å². The SMILES string of the molecule is CCOc1ccc(N(CC(=O)N(Cc2ccc(Cl)c(Cl)c2)C(CC)C(=O)NC(C)(C)C)S(=O)(=O)c2ccc(C)cc2)cc1. The van der Waals surface area contributed by atoms with Gasteiger partial charge in [-0.05, 0) is 95.1 Å². The van der Waals surface area contributed by atoms with Crippen molar-refractivity contribution in [2.24, 2.45) is 0 Å². The van der Waals surface area contributed by atoms with Crippen LogP contribution in [-0.2, 0) is 26.2 Å². The number of benzene rings is 3. The lowest BCUT2D eigenvalue weighted by Crippen LogP contribution is -2.55. The molecule has 8 nitrogen and oxygen atoms in total. The van der Waals surface area contributed by atoms with Gasteiger partial charge in [-0.1, -0.05) is 53.9 Å². The Bertz CT molecular complexity index is 1520. The molecule has 0 aliphatic heterocycles. The van der Waals surface area contributed by atoms with Gasteiger partial charge in [0.2, 0.25) is 11.8 Å². The topological polar surface area (TPSA) is 96.0 Å². The molecular formula is C32H39Cl2N3O5S. The number of hydrogen-bond donors (Lipinski definition) is 1. The largest absolute Gasteiger partial charge is 0.494 e. The fourth-order valence-electron chi connectivity index (χ4n) is 4.45. The molecule has 3 aromatic rings. The number of halogens is 2. The Morgan fingerprint density at radius 1 is 0.930 bits per heavy atom. The fraction of sp³-hybridized carbons (Fsp3) is 0.375. The number of carbonyl (C=O) groups is 2. The second kappa shape index (κ2) is 14.5. The van der Waals surface area contributed by atoms with Crippen LogP contribution >= 0.6 is 23.2 Å². The van der Waals surface area contributed by atoms with Crippen LogP contribution in [-0.4, -0.2) is 49.9 Å². The molecular weight excluding hydrogens is 609 g/mol. The minimum atomic E-state index is -4.19. The summed E-state index contributed by atoms with van der Waals surface area (Å²) in [6.45, 7) is 11.0. The molecule has 0 fully saturated rings. The van der Waals surface area contributed by atoms with Crippen LogP contribution in [0.5, 0.6) is 5.75 Å². The summed E-state index contributed by atoms with van der Waals surface area (Å²) in [4.78, 5) is 29.1. The first kappa shape index (κ1) is 34.2. The van der Waals surface area contributed by atoms with Crippen molar-refractivity contribution in [3.8, 4) is 5.75 Å². The van der Waals surface area contributed by atoms with Gasteiger partial charge in [0, 0.05) is 12.1 Å². The van der Waals surface area contributed by atoms with Gasteiger partial charge in [0.05, 0.1) is 27.2 Å². The van der Waals surface area contributed by atoms with Crippen LogP contribution in [0.3, 0.4) is 0 Å². The van der Waals surface area contributed by atoms with Crippen molar-refractivity contribution in [2.45, 2.75) is 71.0 Å². The number of anilines is 1. The number of sulfonamides is 1. The highest BCUT2D eigenvalue weighted by atomic mass is 35.5. The second-order valence-electron chi connectivity index (χ2n) is 11.2. The first-order valence-electron chi connectivity index (χ1n) is 14.0. The third-order valence-electron chi connectivity index (χ3n) is 6.54. The lowest BCUT2D eigenvalue weighted by molar-refractivity contribution is -0.141. The molecule has 0 aliphatic rings. The second-order valence-corrected chi connectivity index (χ2v) is 13.9. The zero-order valence-electron chi connectivity index (χ0n) is 25.4. The van der Waals surface area contributed by atoms with Crippen LogP contribution in [0.2, 0.25) is 10.0 Å². The number of ether oxygens (including phenoxy) is 1. The highest BCUT2D eigenvalue weighted by Crippen LogP contribution is 2.28. The van der Waals surface area contributed by atoms with Crippen LogP contribution in [0.25, 0.3) is 0 Å². The lowest BCUT2D eigenvalue weighted by Gasteiger charge is -2.35. The van der Waals surface area contributed by atoms with Crippen molar-refractivity contribution in [3.05, 3.63) is 87.9 Å². The van der Waals surface area contributed by atoms with Gasteiger partial charge in [0.1, 0.15) is 18.3 Å². The molecule has 3 aromatic carbocycles. The van der Waals surface area contributed by atoms with Gasteiger partial charge in [-0.25, -0.2) is 8.42 Å². The summed E-state index contributed by atoms with van der Waals surface area (Å²) in [6.07, 6.45) is 0.294. The molecule has 0 bridgehead atoms. The molecule has 1 atom stereocenters. The van der Waals surface area contributed by atoms with E-state index in [0.717, 1.165) is 9.87 Å². The summed E-state index contributed by atoms with van der Waals surface area (Å²) in [6, 6.07) is 17.0. The van der Waals surface area contributed by atoms with Crippen molar-refractivity contribution < 1.29 is 22.7 Å². The van der Waals surface area contributed by atoms with Gasteiger partial charge in [-0.15, -0.1) is 0 Å². The minimum Gasteiger partial charge on any atom is -0.494 e. The highest BCUT2D eigenvalue weighted by molar-refractivity contribution is 7.92. The molecule has 11 heteroatoms. The van der Waals surface area contributed by atoms with Gasteiger partial charge in [-0.3, -0.25) is 13.9 Å². The van der Waals surface area contributed by atoms with Crippen molar-refractivity contribution in [1.29, 1.82) is 0 Å². The molecule has 0 radical (unpaired) electrons. The van der Waals surface area contributed by atoms with Crippen LogP contribution < -0.4 is 14.4 Å². The molecule has 0 aliphatic carbocycles. The summed E-state index contributed by atoms with van der Waals surface area (Å²) in [5.74, 6) is -0.347. The van der Waals surface area contributed by atoms with Gasteiger partial charge >= 0.3 is 0 Å². The van der Waals surface area contributed by atoms with Gasteiger partial charge in [0.25, 0.3) is 10.0 Å². The van der Waals surface area contributed by atoms with Crippen molar-refractivity contribution >= 4 is 50.7 Å². The number of hydrogen-bond acceptors (Lipinski definition) is 5. The first-order valence-corrected chi connectivity index (χ1v) is 16.2. The zero-order chi connectivity index (χ0) is 31.9. The normalized spacial score (nSPS) is 12.4. The summed E-state index contributed by atoms with van der Waals surface area (Å²) < 4.78 is 34.6. The van der Waals surface area contributed by atoms with E-state index in [2.05, 4.69) is 5.32 Å². The van der Waals surface area contributed by atoms with E-state index in [1.54, 1.807) is 61.5 Å². The maximum Gasteiger partial charge on any atom is 0.264 e. The average molecular weight is 649 g/mol. The summed E-state index contributed by atoms with van der Waals surface area (Å²) in [5.41, 5.74) is 1.26. The molecule has 1 unspecified atom stereocenters. The van der Waals surface area contributed by atoms with Crippen LogP contribution in [0, 0.1) is 6.92 Å². The Balaban J connectivity index is 2.09. The van der Waals surface area contributed by atoms with E-state index in [1.807, 2.05) is 34.6 Å². The number of amides is 2. The minimum absolute atomic E-state index is 0.00743. The fourth-order valence-corrected chi connectivity index (χ4v) is 6.18. The monoisotopic (exact) mass is 647 g/mol. The maximum absolute atomic E-state index is 14.2. The molecule has 0 spiro atoms. The van der Waals surface area contributed by atoms with Crippen LogP contribution in [0.15, 0.2) is 71.6 Å². The number of nitrogens with one attached hydrogen (secondary N) is 1. The Morgan fingerprint density at radius 3 is 2.09 bits per heavy atom. The smallest absolute Gasteiger partial charge is 0.264 e. The number of aryl methyl sites for hydroxylation is 1. The molecule has 0 saturated heterocycles. The quantitative estimate of drug-likeness (QED) is 0.238. The molecule has 0 saturated carbocycles. The first-order chi connectivity index (χ1) is 20.2. The molecule has 3 rings (SSSR count). The zero-order valence-corrected chi connectivity index (χ0v) is 27.7. The predicted octanol–water partition coefficient (Wildman–Crippen LogP) is 6.62. The number of nitrogens with zero attached hydrogens (tertiary/aromatic N) is 2. The molecule has 43 heavy (non-hydrogen) atoms. The van der Waals surface area contributed by atoms with Gasteiger partial charge in [0.15, 0.2) is 0 Å². The van der Waals surface area contributed by atoms with E-state index in [0.29, 0.717) is 34.4 Å². The van der Waals surface area contributed by atoms with E-state index in [-0.39, 0.29) is 23.0 Å². The Hall–Kier alpha value is -3.27. The maximum atomic E-state index is 14.2. The average Bonchev–Trinajstić information content (AvgIpc) is 2.93. The van der Waals surface area contributed by atoms with Gasteiger partial charge < -0.3 is 15.0 Å². The van der Waals surface area contributed by atoms with E-state index in [9.17, 15) is 18.0 Å². The molecule has 1 N–H and O–H groups in total. The van der Waals surface area contributed by atoms with Gasteiger partial charge in [-0.2, -0.15) is 0 Å².